The topological polar surface area (TPSA) is 34.5 Å². The molecule has 4 aromatic carbocycles. The quantitative estimate of drug-likeness (QED) is 0.202. The molecule has 0 unspecified atom stereocenters. The summed E-state index contributed by atoms with van der Waals surface area (Å²) in [6.07, 6.45) is 0. The molecule has 0 atom stereocenters. The van der Waals surface area contributed by atoms with E-state index in [2.05, 4.69) is 34.0 Å². The van der Waals surface area contributed by atoms with Crippen LogP contribution in [0.2, 0.25) is 0 Å². The summed E-state index contributed by atoms with van der Waals surface area (Å²) in [5, 5.41) is 0. The van der Waals surface area contributed by atoms with Gasteiger partial charge in [0.05, 0.1) is 35.9 Å². The summed E-state index contributed by atoms with van der Waals surface area (Å²) in [6, 6.07) is 36.7. The molecule has 0 bridgehead atoms. The molecule has 0 radical (unpaired) electrons. The Morgan fingerprint density at radius 2 is 0.953 bits per heavy atom. The van der Waals surface area contributed by atoms with E-state index < -0.39 is 17.0 Å². The number of hydrogen-bond acceptors (Lipinski definition) is 2. The van der Waals surface area contributed by atoms with Crippen LogP contribution in [-0.4, -0.2) is 9.97 Å². The minimum atomic E-state index is -0.926. The number of rotatable bonds is 4. The predicted octanol–water partition coefficient (Wildman–Crippen LogP) is 9.55. The summed E-state index contributed by atoms with van der Waals surface area (Å²) >= 11 is 0. The Morgan fingerprint density at radius 1 is 0.512 bits per heavy atom. The standard InChI is InChI=1S/C37H20F2N4/c1-40-33-21-23(17-19-29(33)38)31-13-7-15-35(42-31)37(27-11-5-3-9-25(27)26-10-4-6-12-28(26)37)36-16-8-14-32(43-36)24-18-20-30(39)34(22-24)41-2/h3-22H. The Kier molecular flexibility index (Phi) is 6.12. The molecule has 7 rings (SSSR count). The van der Waals surface area contributed by atoms with Gasteiger partial charge in [0.1, 0.15) is 17.0 Å². The van der Waals surface area contributed by atoms with Crippen molar-refractivity contribution in [1.29, 1.82) is 0 Å². The van der Waals surface area contributed by atoms with Crippen molar-refractivity contribution in [2.45, 2.75) is 5.41 Å². The summed E-state index contributed by atoms with van der Waals surface area (Å²) in [5.41, 5.74) is 6.95. The van der Waals surface area contributed by atoms with Crippen molar-refractivity contribution in [3.05, 3.63) is 178 Å². The van der Waals surface area contributed by atoms with Crippen LogP contribution in [0.15, 0.2) is 121 Å². The largest absolute Gasteiger partial charge is 0.251 e. The van der Waals surface area contributed by atoms with Gasteiger partial charge < -0.3 is 0 Å². The number of nitrogens with zero attached hydrogens (tertiary/aromatic N) is 4. The van der Waals surface area contributed by atoms with Gasteiger partial charge in [-0.2, -0.15) is 0 Å². The molecule has 0 amide bonds. The van der Waals surface area contributed by atoms with E-state index in [1.807, 2.05) is 60.7 Å². The van der Waals surface area contributed by atoms with E-state index >= 15 is 0 Å². The van der Waals surface area contributed by atoms with E-state index in [0.717, 1.165) is 22.3 Å². The Bertz CT molecular complexity index is 2000. The molecule has 43 heavy (non-hydrogen) atoms. The van der Waals surface area contributed by atoms with Gasteiger partial charge in [-0.3, -0.25) is 9.97 Å². The fourth-order valence-corrected chi connectivity index (χ4v) is 6.04. The van der Waals surface area contributed by atoms with Crippen molar-refractivity contribution in [3.8, 4) is 33.6 Å². The molecule has 1 aliphatic rings. The number of benzene rings is 4. The van der Waals surface area contributed by atoms with Gasteiger partial charge in [-0.1, -0.05) is 72.8 Å². The molecular formula is C37H20F2N4. The zero-order valence-electron chi connectivity index (χ0n) is 22.6. The molecule has 4 nitrogen and oxygen atoms in total. The van der Waals surface area contributed by atoms with Crippen LogP contribution in [-0.2, 0) is 5.41 Å². The zero-order chi connectivity index (χ0) is 29.6. The highest BCUT2D eigenvalue weighted by atomic mass is 19.1. The number of halogens is 2. The molecule has 0 aliphatic heterocycles. The van der Waals surface area contributed by atoms with Crippen LogP contribution in [0.25, 0.3) is 43.3 Å². The second kappa shape index (κ2) is 10.1. The van der Waals surface area contributed by atoms with Gasteiger partial charge in [-0.05, 0) is 81.9 Å². The minimum absolute atomic E-state index is 0.0663. The Hall–Kier alpha value is -5.98. The van der Waals surface area contributed by atoms with Crippen molar-refractivity contribution >= 4 is 11.4 Å². The third-order valence-corrected chi connectivity index (χ3v) is 7.94. The highest BCUT2D eigenvalue weighted by Gasteiger charge is 2.48. The summed E-state index contributed by atoms with van der Waals surface area (Å²) in [5.74, 6) is -1.15. The van der Waals surface area contributed by atoms with Gasteiger partial charge >= 0.3 is 0 Å². The van der Waals surface area contributed by atoms with Gasteiger partial charge in [0.25, 0.3) is 0 Å². The molecule has 6 aromatic rings. The van der Waals surface area contributed by atoms with E-state index in [0.29, 0.717) is 33.9 Å². The van der Waals surface area contributed by atoms with Crippen molar-refractivity contribution in [1.82, 2.24) is 9.97 Å². The molecule has 0 saturated heterocycles. The third-order valence-electron chi connectivity index (χ3n) is 7.94. The first-order chi connectivity index (χ1) is 21.0. The third kappa shape index (κ3) is 4.01. The summed E-state index contributed by atoms with van der Waals surface area (Å²) < 4.78 is 28.4. The van der Waals surface area contributed by atoms with E-state index in [-0.39, 0.29) is 11.4 Å². The fraction of sp³-hybridized carbons (Fsp3) is 0.0270. The molecule has 2 heterocycles. The highest BCUT2D eigenvalue weighted by molar-refractivity contribution is 5.86. The van der Waals surface area contributed by atoms with Gasteiger partial charge in [-0.15, -0.1) is 0 Å². The maximum Gasteiger partial charge on any atom is 0.222 e. The van der Waals surface area contributed by atoms with Crippen LogP contribution in [0.4, 0.5) is 20.2 Å². The second-order valence-electron chi connectivity index (χ2n) is 10.2. The molecule has 0 N–H and O–H groups in total. The number of fused-ring (bicyclic) bond motifs is 3. The van der Waals surface area contributed by atoms with Crippen molar-refractivity contribution in [3.63, 3.8) is 0 Å². The van der Waals surface area contributed by atoms with Crippen LogP contribution in [0.1, 0.15) is 22.5 Å². The molecule has 0 fully saturated rings. The summed E-state index contributed by atoms with van der Waals surface area (Å²) in [4.78, 5) is 17.0. The normalized spacial score (nSPS) is 12.6. The van der Waals surface area contributed by atoms with Crippen molar-refractivity contribution in [2.24, 2.45) is 0 Å². The molecule has 6 heteroatoms. The molecule has 0 saturated carbocycles. The first-order valence-electron chi connectivity index (χ1n) is 13.5. The van der Waals surface area contributed by atoms with Crippen LogP contribution in [0.3, 0.4) is 0 Å². The molecular weight excluding hydrogens is 538 g/mol. The summed E-state index contributed by atoms with van der Waals surface area (Å²) in [6.45, 7) is 14.8. The van der Waals surface area contributed by atoms with E-state index in [1.54, 1.807) is 12.1 Å². The fourth-order valence-electron chi connectivity index (χ4n) is 6.04. The van der Waals surface area contributed by atoms with Gasteiger partial charge in [0.15, 0.2) is 0 Å². The lowest BCUT2D eigenvalue weighted by Crippen LogP contribution is -2.31. The SMILES string of the molecule is [C-]#[N+]c1cc(-c2cccc(C3(c4cccc(-c5ccc(F)c([N+]#[C-])c5)n4)c4ccccc4-c4ccccc43)n2)ccc1F. The number of pyridine rings is 2. The average Bonchev–Trinajstić information content (AvgIpc) is 3.36. The van der Waals surface area contributed by atoms with Crippen molar-refractivity contribution in [2.75, 3.05) is 0 Å². The number of aromatic nitrogens is 2. The van der Waals surface area contributed by atoms with E-state index in [4.69, 9.17) is 23.1 Å². The first-order valence-corrected chi connectivity index (χ1v) is 13.5. The lowest BCUT2D eigenvalue weighted by Gasteiger charge is -2.32. The van der Waals surface area contributed by atoms with Gasteiger partial charge in [0, 0.05) is 0 Å². The smallest absolute Gasteiger partial charge is 0.222 e. The van der Waals surface area contributed by atoms with Crippen LogP contribution in [0, 0.1) is 24.8 Å². The molecule has 0 spiro atoms. The Balaban J connectivity index is 1.52. The van der Waals surface area contributed by atoms with Crippen LogP contribution < -0.4 is 0 Å². The lowest BCUT2D eigenvalue weighted by molar-refractivity contribution is 0.633. The monoisotopic (exact) mass is 558 g/mol. The van der Waals surface area contributed by atoms with E-state index in [1.165, 1.54) is 24.3 Å². The lowest BCUT2D eigenvalue weighted by atomic mass is 9.72. The maximum atomic E-state index is 14.2. The number of hydrogen-bond donors (Lipinski definition) is 0. The van der Waals surface area contributed by atoms with Gasteiger partial charge in [0.2, 0.25) is 11.4 Å². The van der Waals surface area contributed by atoms with E-state index in [9.17, 15) is 8.78 Å². The average molecular weight is 559 g/mol. The Morgan fingerprint density at radius 3 is 1.40 bits per heavy atom. The summed E-state index contributed by atoms with van der Waals surface area (Å²) in [7, 11) is 0. The minimum Gasteiger partial charge on any atom is -0.251 e. The molecule has 2 aromatic heterocycles. The van der Waals surface area contributed by atoms with Crippen LogP contribution in [0.5, 0.6) is 0 Å². The predicted molar refractivity (Wildman–Crippen MR) is 163 cm³/mol. The highest BCUT2D eigenvalue weighted by Crippen LogP contribution is 2.55. The molecule has 1 aliphatic carbocycles. The van der Waals surface area contributed by atoms with Gasteiger partial charge in [-0.25, -0.2) is 18.5 Å². The maximum absolute atomic E-state index is 14.2. The van der Waals surface area contributed by atoms with Crippen LogP contribution >= 0.6 is 0 Å². The zero-order valence-corrected chi connectivity index (χ0v) is 22.6. The van der Waals surface area contributed by atoms with Crippen molar-refractivity contribution < 1.29 is 8.78 Å². The second-order valence-corrected chi connectivity index (χ2v) is 10.2. The molecule has 202 valence electrons. The Labute approximate surface area is 247 Å². The first kappa shape index (κ1) is 26.0.